The maximum atomic E-state index is 12.1. The average molecular weight is 352 g/mol. The molecule has 0 aliphatic carbocycles. The highest BCUT2D eigenvalue weighted by Crippen LogP contribution is 2.19. The number of aromatic nitrogens is 2. The first-order valence-corrected chi connectivity index (χ1v) is 7.35. The number of carbonyl (C=O) groups is 1. The second kappa shape index (κ2) is 6.13. The van der Waals surface area contributed by atoms with E-state index in [1.807, 2.05) is 0 Å². The quantitative estimate of drug-likeness (QED) is 0.897. The van der Waals surface area contributed by atoms with E-state index in [2.05, 4.69) is 36.1 Å². The first-order chi connectivity index (χ1) is 10.2. The van der Waals surface area contributed by atoms with E-state index in [-0.39, 0.29) is 6.03 Å². The summed E-state index contributed by atoms with van der Waals surface area (Å²) in [5.74, 6) is 1.13. The molecule has 1 aliphatic heterocycles. The Morgan fingerprint density at radius 2 is 1.90 bits per heavy atom. The Hall–Kier alpha value is -2.09. The topological polar surface area (TPSA) is 74.5 Å². The molecule has 2 amide bonds. The Balaban J connectivity index is 1.54. The van der Waals surface area contributed by atoms with Crippen molar-refractivity contribution in [3.05, 3.63) is 35.3 Å². The molecule has 0 bridgehead atoms. The summed E-state index contributed by atoms with van der Waals surface area (Å²) in [7, 11) is 0. The maximum Gasteiger partial charge on any atom is 0.324 e. The Morgan fingerprint density at radius 1 is 1.19 bits per heavy atom. The van der Waals surface area contributed by atoms with Gasteiger partial charge in [0.2, 0.25) is 11.8 Å². The lowest BCUT2D eigenvalue weighted by Crippen LogP contribution is -2.50. The molecule has 2 aromatic rings. The highest BCUT2D eigenvalue weighted by atomic mass is 79.9. The normalized spacial score (nSPS) is 15.1. The van der Waals surface area contributed by atoms with Crippen LogP contribution in [0.2, 0.25) is 0 Å². The van der Waals surface area contributed by atoms with E-state index in [9.17, 15) is 4.79 Å². The molecule has 7 nitrogen and oxygen atoms in total. The minimum atomic E-state index is -0.162. The Labute approximate surface area is 130 Å². The fourth-order valence-corrected chi connectivity index (χ4v) is 2.44. The number of furan rings is 1. The van der Waals surface area contributed by atoms with Crippen molar-refractivity contribution in [2.45, 2.75) is 0 Å². The van der Waals surface area contributed by atoms with Gasteiger partial charge in [-0.3, -0.25) is 5.32 Å². The van der Waals surface area contributed by atoms with E-state index >= 15 is 0 Å². The second-order valence-electron chi connectivity index (χ2n) is 4.56. The number of piperazine rings is 1. The summed E-state index contributed by atoms with van der Waals surface area (Å²) >= 11 is 3.20. The second-order valence-corrected chi connectivity index (χ2v) is 5.34. The van der Waals surface area contributed by atoms with E-state index in [1.165, 1.54) is 0 Å². The minimum Gasteiger partial charge on any atom is -0.434 e. The zero-order valence-corrected chi connectivity index (χ0v) is 12.8. The fraction of sp³-hybridized carbons (Fsp3) is 0.308. The molecule has 3 heterocycles. The highest BCUT2D eigenvalue weighted by Gasteiger charge is 2.22. The number of urea groups is 1. The van der Waals surface area contributed by atoms with Crippen LogP contribution in [0.4, 0.5) is 16.6 Å². The van der Waals surface area contributed by atoms with E-state index < -0.39 is 0 Å². The van der Waals surface area contributed by atoms with Crippen molar-refractivity contribution >= 4 is 33.8 Å². The van der Waals surface area contributed by atoms with E-state index in [1.54, 1.807) is 35.5 Å². The van der Waals surface area contributed by atoms with Gasteiger partial charge in [-0.2, -0.15) is 0 Å². The number of rotatable bonds is 2. The van der Waals surface area contributed by atoms with Crippen LogP contribution in [0.25, 0.3) is 0 Å². The Morgan fingerprint density at radius 3 is 2.52 bits per heavy atom. The lowest BCUT2D eigenvalue weighted by molar-refractivity contribution is 0.207. The van der Waals surface area contributed by atoms with Crippen LogP contribution in [0.15, 0.2) is 39.7 Å². The largest absolute Gasteiger partial charge is 0.434 e. The predicted molar refractivity (Wildman–Crippen MR) is 81.2 cm³/mol. The van der Waals surface area contributed by atoms with Crippen molar-refractivity contribution in [3.63, 3.8) is 0 Å². The van der Waals surface area contributed by atoms with Crippen LogP contribution in [0.1, 0.15) is 0 Å². The molecule has 1 N–H and O–H groups in total. The summed E-state index contributed by atoms with van der Waals surface area (Å²) in [5.41, 5.74) is 0. The first-order valence-electron chi connectivity index (χ1n) is 6.55. The number of nitrogens with zero attached hydrogens (tertiary/aromatic N) is 4. The Bertz CT molecular complexity index is 610. The highest BCUT2D eigenvalue weighted by molar-refractivity contribution is 9.10. The van der Waals surface area contributed by atoms with Crippen LogP contribution in [-0.4, -0.2) is 47.1 Å². The summed E-state index contributed by atoms with van der Waals surface area (Å²) in [6.45, 7) is 2.65. The molecule has 21 heavy (non-hydrogen) atoms. The third-order valence-electron chi connectivity index (χ3n) is 3.21. The third kappa shape index (κ3) is 3.33. The monoisotopic (exact) mass is 351 g/mol. The SMILES string of the molecule is O=C(Nc1ccc(Br)o1)N1CCN(c2ncccn2)CC1. The summed E-state index contributed by atoms with van der Waals surface area (Å²) in [6.07, 6.45) is 3.44. The molecule has 3 rings (SSSR count). The minimum absolute atomic E-state index is 0.162. The third-order valence-corrected chi connectivity index (χ3v) is 3.63. The summed E-state index contributed by atoms with van der Waals surface area (Å²) in [6, 6.07) is 5.07. The van der Waals surface area contributed by atoms with Crippen LogP contribution in [0.5, 0.6) is 0 Å². The molecule has 2 aromatic heterocycles. The van der Waals surface area contributed by atoms with Crippen LogP contribution < -0.4 is 10.2 Å². The van der Waals surface area contributed by atoms with Gasteiger partial charge in [0.05, 0.1) is 0 Å². The zero-order chi connectivity index (χ0) is 14.7. The molecule has 0 atom stereocenters. The van der Waals surface area contributed by atoms with Gasteiger partial charge in [0, 0.05) is 44.6 Å². The summed E-state index contributed by atoms with van der Waals surface area (Å²) in [5, 5.41) is 2.73. The average Bonchev–Trinajstić information content (AvgIpc) is 2.93. The van der Waals surface area contributed by atoms with Gasteiger partial charge in [0.1, 0.15) is 0 Å². The number of nitrogens with one attached hydrogen (secondary N) is 1. The van der Waals surface area contributed by atoms with Gasteiger partial charge in [-0.15, -0.1) is 0 Å². The lowest BCUT2D eigenvalue weighted by Gasteiger charge is -2.34. The van der Waals surface area contributed by atoms with Crippen molar-refractivity contribution < 1.29 is 9.21 Å². The molecule has 1 fully saturated rings. The number of halogens is 1. The molecule has 1 saturated heterocycles. The lowest BCUT2D eigenvalue weighted by atomic mass is 10.3. The number of carbonyl (C=O) groups excluding carboxylic acids is 1. The fourth-order valence-electron chi connectivity index (χ4n) is 2.13. The van der Waals surface area contributed by atoms with Crippen molar-refractivity contribution in [2.75, 3.05) is 36.4 Å². The van der Waals surface area contributed by atoms with Gasteiger partial charge >= 0.3 is 6.03 Å². The summed E-state index contributed by atoms with van der Waals surface area (Å²) < 4.78 is 5.85. The molecule has 0 aromatic carbocycles. The molecule has 0 unspecified atom stereocenters. The van der Waals surface area contributed by atoms with E-state index in [0.29, 0.717) is 42.7 Å². The van der Waals surface area contributed by atoms with Crippen molar-refractivity contribution in [1.29, 1.82) is 0 Å². The maximum absolute atomic E-state index is 12.1. The predicted octanol–water partition coefficient (Wildman–Crippen LogP) is 2.19. The molecule has 0 spiro atoms. The van der Waals surface area contributed by atoms with Crippen molar-refractivity contribution in [3.8, 4) is 0 Å². The van der Waals surface area contributed by atoms with Gasteiger partial charge in [-0.25, -0.2) is 14.8 Å². The van der Waals surface area contributed by atoms with Crippen LogP contribution >= 0.6 is 15.9 Å². The number of amides is 2. The molecule has 8 heteroatoms. The van der Waals surface area contributed by atoms with Gasteiger partial charge in [0.15, 0.2) is 4.67 Å². The summed E-state index contributed by atoms with van der Waals surface area (Å²) in [4.78, 5) is 24.4. The van der Waals surface area contributed by atoms with Crippen molar-refractivity contribution in [1.82, 2.24) is 14.9 Å². The van der Waals surface area contributed by atoms with Crippen LogP contribution in [-0.2, 0) is 0 Å². The first kappa shape index (κ1) is 13.9. The van der Waals surface area contributed by atoms with Crippen LogP contribution in [0.3, 0.4) is 0 Å². The number of anilines is 2. The molecular formula is C13H14BrN5O2. The molecule has 110 valence electrons. The van der Waals surface area contributed by atoms with Crippen molar-refractivity contribution in [2.24, 2.45) is 0 Å². The molecule has 0 saturated carbocycles. The molecule has 0 radical (unpaired) electrons. The molecular weight excluding hydrogens is 338 g/mol. The zero-order valence-electron chi connectivity index (χ0n) is 11.2. The molecule has 1 aliphatic rings. The number of hydrogen-bond acceptors (Lipinski definition) is 5. The van der Waals surface area contributed by atoms with Gasteiger partial charge < -0.3 is 14.2 Å². The van der Waals surface area contributed by atoms with Gasteiger partial charge in [0.25, 0.3) is 0 Å². The van der Waals surface area contributed by atoms with Crippen LogP contribution in [0, 0.1) is 0 Å². The number of hydrogen-bond donors (Lipinski definition) is 1. The standard InChI is InChI=1S/C13H14BrN5O2/c14-10-2-3-11(21-10)17-13(20)19-8-6-18(7-9-19)12-15-4-1-5-16-12/h1-5H,6-9H2,(H,17,20). The smallest absolute Gasteiger partial charge is 0.324 e. The van der Waals surface area contributed by atoms with E-state index in [0.717, 1.165) is 0 Å². The van der Waals surface area contributed by atoms with Gasteiger partial charge in [-0.1, -0.05) is 0 Å². The Kier molecular flexibility index (Phi) is 4.05. The van der Waals surface area contributed by atoms with Gasteiger partial charge in [-0.05, 0) is 28.1 Å². The van der Waals surface area contributed by atoms with E-state index in [4.69, 9.17) is 4.42 Å².